The van der Waals surface area contributed by atoms with Crippen molar-refractivity contribution in [2.75, 3.05) is 11.1 Å². The van der Waals surface area contributed by atoms with Crippen LogP contribution in [0.5, 0.6) is 0 Å². The molecule has 0 aliphatic carbocycles. The van der Waals surface area contributed by atoms with E-state index in [1.807, 2.05) is 26.0 Å². The van der Waals surface area contributed by atoms with Gasteiger partial charge in [0.1, 0.15) is 19.2 Å². The first kappa shape index (κ1) is 16.2. The maximum atomic E-state index is 12.0. The molecule has 2 heterocycles. The Morgan fingerprint density at radius 3 is 2.75 bits per heavy atom. The van der Waals surface area contributed by atoms with Crippen LogP contribution in [0.4, 0.5) is 5.69 Å². The summed E-state index contributed by atoms with van der Waals surface area (Å²) in [5, 5.41) is 15.0. The molecule has 24 heavy (non-hydrogen) atoms. The first-order chi connectivity index (χ1) is 11.6. The minimum atomic E-state index is -0.124. The number of anilines is 1. The fourth-order valence-corrected chi connectivity index (χ4v) is 2.77. The summed E-state index contributed by atoms with van der Waals surface area (Å²) >= 11 is 1.19. The van der Waals surface area contributed by atoms with Crippen molar-refractivity contribution in [1.29, 1.82) is 0 Å². The van der Waals surface area contributed by atoms with Crippen LogP contribution in [0.1, 0.15) is 17.0 Å². The molecule has 124 valence electrons. The minimum Gasteiger partial charge on any atom is -0.414 e. The summed E-state index contributed by atoms with van der Waals surface area (Å²) in [6, 6.07) is 5.91. The molecule has 0 unspecified atom stereocenters. The molecule has 0 aliphatic rings. The number of amides is 1. The summed E-state index contributed by atoms with van der Waals surface area (Å²) in [4.78, 5) is 15.9. The standard InChI is InChI=1S/C15H16N6O2S/c1-10-3-11(2)5-12(4-10)18-13(22)7-24-15-20-19-14(23-15)6-21-9-16-8-17-21/h3-5,8-9H,6-7H2,1-2H3,(H,18,22). The van der Waals surface area contributed by atoms with Crippen molar-refractivity contribution in [3.8, 4) is 0 Å². The van der Waals surface area contributed by atoms with Gasteiger partial charge in [0.25, 0.3) is 5.22 Å². The molecule has 2 aromatic heterocycles. The van der Waals surface area contributed by atoms with Gasteiger partial charge in [0.2, 0.25) is 11.8 Å². The quantitative estimate of drug-likeness (QED) is 0.683. The molecule has 0 saturated heterocycles. The van der Waals surface area contributed by atoms with Gasteiger partial charge in [-0.25, -0.2) is 9.67 Å². The summed E-state index contributed by atoms with van der Waals surface area (Å²) in [7, 11) is 0. The van der Waals surface area contributed by atoms with E-state index in [0.717, 1.165) is 16.8 Å². The van der Waals surface area contributed by atoms with E-state index in [0.29, 0.717) is 17.7 Å². The van der Waals surface area contributed by atoms with Gasteiger partial charge in [-0.3, -0.25) is 4.79 Å². The van der Waals surface area contributed by atoms with Crippen LogP contribution in [0.15, 0.2) is 40.5 Å². The van der Waals surface area contributed by atoms with Crippen LogP contribution in [-0.2, 0) is 11.3 Å². The largest absolute Gasteiger partial charge is 0.414 e. The molecule has 0 fully saturated rings. The van der Waals surface area contributed by atoms with E-state index in [-0.39, 0.29) is 11.7 Å². The molecule has 1 aromatic carbocycles. The van der Waals surface area contributed by atoms with Gasteiger partial charge in [-0.05, 0) is 37.1 Å². The van der Waals surface area contributed by atoms with Crippen LogP contribution in [0.3, 0.4) is 0 Å². The number of nitrogens with zero attached hydrogens (tertiary/aromatic N) is 5. The fraction of sp³-hybridized carbons (Fsp3) is 0.267. The normalized spacial score (nSPS) is 10.8. The summed E-state index contributed by atoms with van der Waals surface area (Å²) in [5.74, 6) is 0.483. The van der Waals surface area contributed by atoms with Gasteiger partial charge in [-0.2, -0.15) is 5.10 Å². The first-order valence-corrected chi connectivity index (χ1v) is 8.23. The van der Waals surface area contributed by atoms with E-state index < -0.39 is 0 Å². The Morgan fingerprint density at radius 2 is 2.04 bits per heavy atom. The van der Waals surface area contributed by atoms with E-state index >= 15 is 0 Å². The van der Waals surface area contributed by atoms with Crippen molar-refractivity contribution in [1.82, 2.24) is 25.0 Å². The van der Waals surface area contributed by atoms with Crippen molar-refractivity contribution >= 4 is 23.4 Å². The Balaban J connectivity index is 1.52. The lowest BCUT2D eigenvalue weighted by atomic mass is 10.1. The fourth-order valence-electron chi connectivity index (χ4n) is 2.18. The van der Waals surface area contributed by atoms with Gasteiger partial charge in [0.05, 0.1) is 5.75 Å². The number of carbonyl (C=O) groups is 1. The molecule has 1 N–H and O–H groups in total. The van der Waals surface area contributed by atoms with Crippen molar-refractivity contribution in [2.45, 2.75) is 25.6 Å². The molecule has 9 heteroatoms. The number of rotatable bonds is 6. The Hall–Kier alpha value is -2.68. The summed E-state index contributed by atoms with van der Waals surface area (Å²) in [5.41, 5.74) is 3.00. The monoisotopic (exact) mass is 344 g/mol. The molecule has 0 aliphatic heterocycles. The lowest BCUT2D eigenvalue weighted by molar-refractivity contribution is -0.113. The number of hydrogen-bond acceptors (Lipinski definition) is 7. The van der Waals surface area contributed by atoms with E-state index in [1.165, 1.54) is 18.1 Å². The lowest BCUT2D eigenvalue weighted by Crippen LogP contribution is -2.14. The molecule has 0 spiro atoms. The Morgan fingerprint density at radius 1 is 1.25 bits per heavy atom. The number of carbonyl (C=O) groups excluding carboxylic acids is 1. The average molecular weight is 344 g/mol. The minimum absolute atomic E-state index is 0.124. The zero-order chi connectivity index (χ0) is 16.9. The Bertz CT molecular complexity index is 810. The SMILES string of the molecule is Cc1cc(C)cc(NC(=O)CSc2nnc(Cn3cncn3)o2)c1. The summed E-state index contributed by atoms with van der Waals surface area (Å²) < 4.78 is 7.05. The highest BCUT2D eigenvalue weighted by molar-refractivity contribution is 7.99. The third-order valence-electron chi connectivity index (χ3n) is 3.04. The zero-order valence-electron chi connectivity index (χ0n) is 13.3. The molecule has 0 saturated carbocycles. The molecule has 0 bridgehead atoms. The average Bonchev–Trinajstić information content (AvgIpc) is 3.16. The maximum Gasteiger partial charge on any atom is 0.277 e. The predicted octanol–water partition coefficient (Wildman–Crippen LogP) is 2.06. The molecule has 0 radical (unpaired) electrons. The highest BCUT2D eigenvalue weighted by Gasteiger charge is 2.11. The van der Waals surface area contributed by atoms with Gasteiger partial charge < -0.3 is 9.73 Å². The molecule has 0 atom stereocenters. The number of aromatic nitrogens is 5. The number of aryl methyl sites for hydroxylation is 2. The van der Waals surface area contributed by atoms with Crippen molar-refractivity contribution in [3.05, 3.63) is 47.9 Å². The van der Waals surface area contributed by atoms with Crippen LogP contribution >= 0.6 is 11.8 Å². The van der Waals surface area contributed by atoms with Crippen LogP contribution in [-0.4, -0.2) is 36.6 Å². The third kappa shape index (κ3) is 4.42. The zero-order valence-corrected chi connectivity index (χ0v) is 14.1. The van der Waals surface area contributed by atoms with Crippen molar-refractivity contribution in [2.24, 2.45) is 0 Å². The highest BCUT2D eigenvalue weighted by atomic mass is 32.2. The summed E-state index contributed by atoms with van der Waals surface area (Å²) in [6.07, 6.45) is 3.00. The van der Waals surface area contributed by atoms with Crippen LogP contribution in [0, 0.1) is 13.8 Å². The smallest absolute Gasteiger partial charge is 0.277 e. The maximum absolute atomic E-state index is 12.0. The predicted molar refractivity (Wildman–Crippen MR) is 88.7 cm³/mol. The molecule has 3 aromatic rings. The van der Waals surface area contributed by atoms with Gasteiger partial charge >= 0.3 is 0 Å². The van der Waals surface area contributed by atoms with E-state index in [4.69, 9.17) is 4.42 Å². The van der Waals surface area contributed by atoms with E-state index in [1.54, 1.807) is 11.0 Å². The van der Waals surface area contributed by atoms with Crippen LogP contribution in [0.2, 0.25) is 0 Å². The lowest BCUT2D eigenvalue weighted by Gasteiger charge is -2.06. The van der Waals surface area contributed by atoms with Gasteiger partial charge in [0, 0.05) is 5.69 Å². The van der Waals surface area contributed by atoms with Gasteiger partial charge in [0.15, 0.2) is 0 Å². The van der Waals surface area contributed by atoms with Gasteiger partial charge in [-0.1, -0.05) is 17.8 Å². The second-order valence-corrected chi connectivity index (χ2v) is 6.19. The Labute approximate surface area is 142 Å². The molecule has 1 amide bonds. The van der Waals surface area contributed by atoms with Crippen molar-refractivity contribution < 1.29 is 9.21 Å². The molecular weight excluding hydrogens is 328 g/mol. The number of thioether (sulfide) groups is 1. The Kier molecular flexibility index (Phi) is 4.90. The van der Waals surface area contributed by atoms with Gasteiger partial charge in [-0.15, -0.1) is 10.2 Å². The van der Waals surface area contributed by atoms with Crippen LogP contribution in [0.25, 0.3) is 0 Å². The number of hydrogen-bond donors (Lipinski definition) is 1. The second-order valence-electron chi connectivity index (χ2n) is 5.27. The summed E-state index contributed by atoms with van der Waals surface area (Å²) in [6.45, 7) is 4.33. The molecule has 8 nitrogen and oxygen atoms in total. The van der Waals surface area contributed by atoms with E-state index in [9.17, 15) is 4.79 Å². The van der Waals surface area contributed by atoms with E-state index in [2.05, 4.69) is 31.7 Å². The second kappa shape index (κ2) is 7.26. The topological polar surface area (TPSA) is 98.7 Å². The first-order valence-electron chi connectivity index (χ1n) is 7.24. The van der Waals surface area contributed by atoms with Crippen molar-refractivity contribution in [3.63, 3.8) is 0 Å². The number of nitrogens with one attached hydrogen (secondary N) is 1. The highest BCUT2D eigenvalue weighted by Crippen LogP contribution is 2.18. The molecule has 3 rings (SSSR count). The number of benzene rings is 1. The third-order valence-corrected chi connectivity index (χ3v) is 3.86. The van der Waals surface area contributed by atoms with Crippen LogP contribution < -0.4 is 5.32 Å². The molecular formula is C15H16N6O2S.